The van der Waals surface area contributed by atoms with E-state index in [9.17, 15) is 14.4 Å². The molecule has 1 aromatic heterocycles. The lowest BCUT2D eigenvalue weighted by Crippen LogP contribution is -2.38. The number of aromatic nitrogens is 2. The Morgan fingerprint density at radius 2 is 1.79 bits per heavy atom. The summed E-state index contributed by atoms with van der Waals surface area (Å²) in [6.45, 7) is 0. The van der Waals surface area contributed by atoms with Crippen molar-refractivity contribution in [3.8, 4) is 17.2 Å². The van der Waals surface area contributed by atoms with Gasteiger partial charge in [0.2, 0.25) is 0 Å². The number of aromatic amines is 1. The highest BCUT2D eigenvalue weighted by molar-refractivity contribution is 6.30. The maximum atomic E-state index is 12.8. The Labute approximate surface area is 164 Å². The largest absolute Gasteiger partial charge is 0.497 e. The number of carbonyl (C=O) groups is 1. The molecule has 2 N–H and O–H groups in total. The van der Waals surface area contributed by atoms with Crippen LogP contribution < -0.4 is 26.0 Å². The van der Waals surface area contributed by atoms with Gasteiger partial charge in [-0.25, -0.2) is 9.36 Å². The summed E-state index contributed by atoms with van der Waals surface area (Å²) < 4.78 is 11.2. The predicted molar refractivity (Wildman–Crippen MR) is 105 cm³/mol. The van der Waals surface area contributed by atoms with Crippen molar-refractivity contribution < 1.29 is 14.3 Å². The monoisotopic (exact) mass is 401 g/mol. The van der Waals surface area contributed by atoms with Crippen LogP contribution in [0.4, 0.5) is 5.69 Å². The first-order valence-corrected chi connectivity index (χ1v) is 8.46. The second kappa shape index (κ2) is 8.01. The fraction of sp³-hybridized carbons (Fsp3) is 0.105. The molecule has 3 rings (SSSR count). The van der Waals surface area contributed by atoms with E-state index in [-0.39, 0.29) is 11.3 Å². The van der Waals surface area contributed by atoms with Crippen LogP contribution in [0.2, 0.25) is 5.02 Å². The first-order chi connectivity index (χ1) is 13.4. The van der Waals surface area contributed by atoms with Crippen molar-refractivity contribution >= 4 is 23.2 Å². The molecule has 8 nitrogen and oxygen atoms in total. The van der Waals surface area contributed by atoms with Gasteiger partial charge in [-0.15, -0.1) is 0 Å². The van der Waals surface area contributed by atoms with Gasteiger partial charge in [0, 0.05) is 17.3 Å². The Bertz CT molecular complexity index is 1140. The Hall–Kier alpha value is -3.52. The molecule has 0 spiro atoms. The Balaban J connectivity index is 2.02. The summed E-state index contributed by atoms with van der Waals surface area (Å²) in [5.41, 5.74) is -1.10. The van der Waals surface area contributed by atoms with Crippen LogP contribution in [0.1, 0.15) is 10.4 Å². The molecule has 1 amide bonds. The highest BCUT2D eigenvalue weighted by Gasteiger charge is 2.18. The summed E-state index contributed by atoms with van der Waals surface area (Å²) in [4.78, 5) is 40.0. The van der Waals surface area contributed by atoms with Gasteiger partial charge in [-0.2, -0.15) is 0 Å². The maximum Gasteiger partial charge on any atom is 0.333 e. The van der Waals surface area contributed by atoms with Gasteiger partial charge in [0.05, 0.1) is 25.6 Å². The Morgan fingerprint density at radius 3 is 2.43 bits per heavy atom. The fourth-order valence-corrected chi connectivity index (χ4v) is 2.69. The average molecular weight is 402 g/mol. The lowest BCUT2D eigenvalue weighted by atomic mass is 10.2. The number of hydrogen-bond acceptors (Lipinski definition) is 5. The Morgan fingerprint density at radius 1 is 1.07 bits per heavy atom. The van der Waals surface area contributed by atoms with E-state index < -0.39 is 17.2 Å². The molecule has 0 unspecified atom stereocenters. The number of halogens is 1. The number of rotatable bonds is 5. The summed E-state index contributed by atoms with van der Waals surface area (Å²) in [5, 5.41) is 3.05. The molecular weight excluding hydrogens is 386 g/mol. The quantitative estimate of drug-likeness (QED) is 0.683. The number of amides is 1. The molecule has 0 aliphatic rings. The molecule has 0 aliphatic heterocycles. The molecular formula is C19H16ClN3O5. The van der Waals surface area contributed by atoms with Gasteiger partial charge in [0.15, 0.2) is 0 Å². The average Bonchev–Trinajstić information content (AvgIpc) is 2.69. The van der Waals surface area contributed by atoms with Crippen molar-refractivity contribution in [3.05, 3.63) is 80.1 Å². The minimum atomic E-state index is -0.773. The first kappa shape index (κ1) is 19.2. The SMILES string of the molecule is COc1ccc(OC)c(NC(=O)c2c[nH]c(=O)n(-c3ccc(Cl)cc3)c2=O)c1. The standard InChI is InChI=1S/C19H16ClN3O5/c1-27-13-7-8-16(28-2)15(9-13)22-17(24)14-10-21-19(26)23(18(14)25)12-5-3-11(20)4-6-12/h3-10H,1-2H3,(H,21,26)(H,22,24). The van der Waals surface area contributed by atoms with Crippen molar-refractivity contribution in [2.45, 2.75) is 0 Å². The molecule has 3 aromatic rings. The number of nitrogens with zero attached hydrogens (tertiary/aromatic N) is 1. The van der Waals surface area contributed by atoms with Crippen molar-refractivity contribution in [1.29, 1.82) is 0 Å². The Kier molecular flexibility index (Phi) is 5.51. The smallest absolute Gasteiger partial charge is 0.333 e. The molecule has 1 heterocycles. The zero-order valence-electron chi connectivity index (χ0n) is 15.0. The van der Waals surface area contributed by atoms with Gasteiger partial charge < -0.3 is 19.8 Å². The van der Waals surface area contributed by atoms with E-state index >= 15 is 0 Å². The summed E-state index contributed by atoms with van der Waals surface area (Å²) >= 11 is 5.84. The highest BCUT2D eigenvalue weighted by Crippen LogP contribution is 2.29. The third-order valence-corrected chi connectivity index (χ3v) is 4.21. The van der Waals surface area contributed by atoms with Gasteiger partial charge in [0.1, 0.15) is 17.1 Å². The van der Waals surface area contributed by atoms with Crippen LogP contribution in [-0.4, -0.2) is 29.7 Å². The zero-order chi connectivity index (χ0) is 20.3. The number of anilines is 1. The third kappa shape index (κ3) is 3.77. The zero-order valence-corrected chi connectivity index (χ0v) is 15.7. The van der Waals surface area contributed by atoms with Gasteiger partial charge >= 0.3 is 5.69 Å². The molecule has 0 atom stereocenters. The van der Waals surface area contributed by atoms with Crippen LogP contribution >= 0.6 is 11.6 Å². The minimum Gasteiger partial charge on any atom is -0.497 e. The van der Waals surface area contributed by atoms with Crippen LogP contribution in [0.15, 0.2) is 58.3 Å². The van der Waals surface area contributed by atoms with Gasteiger partial charge in [0.25, 0.3) is 11.5 Å². The topological polar surface area (TPSA) is 102 Å². The van der Waals surface area contributed by atoms with Crippen LogP contribution in [0.3, 0.4) is 0 Å². The molecule has 0 saturated carbocycles. The molecule has 9 heteroatoms. The van der Waals surface area contributed by atoms with Gasteiger partial charge in [-0.05, 0) is 36.4 Å². The first-order valence-electron chi connectivity index (χ1n) is 8.08. The molecule has 0 aliphatic carbocycles. The lowest BCUT2D eigenvalue weighted by Gasteiger charge is -2.12. The van der Waals surface area contributed by atoms with E-state index in [0.29, 0.717) is 22.2 Å². The van der Waals surface area contributed by atoms with Crippen molar-refractivity contribution in [1.82, 2.24) is 9.55 Å². The number of methoxy groups -OCH3 is 2. The fourth-order valence-electron chi connectivity index (χ4n) is 2.56. The third-order valence-electron chi connectivity index (χ3n) is 3.96. The molecule has 0 fully saturated rings. The summed E-state index contributed by atoms with van der Waals surface area (Å²) in [7, 11) is 2.94. The van der Waals surface area contributed by atoms with E-state index in [1.807, 2.05) is 0 Å². The maximum absolute atomic E-state index is 12.8. The molecule has 0 saturated heterocycles. The minimum absolute atomic E-state index is 0.251. The number of H-pyrrole nitrogens is 1. The lowest BCUT2D eigenvalue weighted by molar-refractivity contribution is 0.102. The molecule has 0 bridgehead atoms. The normalized spacial score (nSPS) is 10.4. The molecule has 0 radical (unpaired) electrons. The molecule has 2 aromatic carbocycles. The van der Waals surface area contributed by atoms with E-state index in [1.54, 1.807) is 18.2 Å². The number of ether oxygens (including phenoxy) is 2. The van der Waals surface area contributed by atoms with Crippen LogP contribution in [0.5, 0.6) is 11.5 Å². The van der Waals surface area contributed by atoms with Crippen molar-refractivity contribution in [2.75, 3.05) is 19.5 Å². The van der Waals surface area contributed by atoms with Gasteiger partial charge in [-0.1, -0.05) is 11.6 Å². The van der Waals surface area contributed by atoms with Crippen LogP contribution in [0, 0.1) is 0 Å². The number of carbonyl (C=O) groups excluding carboxylic acids is 1. The molecule has 144 valence electrons. The number of benzene rings is 2. The van der Waals surface area contributed by atoms with E-state index in [4.69, 9.17) is 21.1 Å². The summed E-state index contributed by atoms with van der Waals surface area (Å²) in [6, 6.07) is 10.9. The van der Waals surface area contributed by atoms with Crippen molar-refractivity contribution in [3.63, 3.8) is 0 Å². The number of nitrogens with one attached hydrogen (secondary N) is 2. The van der Waals surface area contributed by atoms with Crippen LogP contribution in [-0.2, 0) is 0 Å². The second-order valence-electron chi connectivity index (χ2n) is 5.64. The van der Waals surface area contributed by atoms with Gasteiger partial charge in [-0.3, -0.25) is 9.59 Å². The van der Waals surface area contributed by atoms with Crippen molar-refractivity contribution in [2.24, 2.45) is 0 Å². The van der Waals surface area contributed by atoms with E-state index in [2.05, 4.69) is 10.3 Å². The van der Waals surface area contributed by atoms with E-state index in [0.717, 1.165) is 10.8 Å². The van der Waals surface area contributed by atoms with Crippen LogP contribution in [0.25, 0.3) is 5.69 Å². The van der Waals surface area contributed by atoms with E-state index in [1.165, 1.54) is 38.5 Å². The molecule has 28 heavy (non-hydrogen) atoms. The number of hydrogen-bond donors (Lipinski definition) is 2. The second-order valence-corrected chi connectivity index (χ2v) is 6.08. The summed E-state index contributed by atoms with van der Waals surface area (Å²) in [6.07, 6.45) is 1.07. The summed E-state index contributed by atoms with van der Waals surface area (Å²) in [5.74, 6) is 0.170. The predicted octanol–water partition coefficient (Wildman–Crippen LogP) is 2.45. The highest BCUT2D eigenvalue weighted by atomic mass is 35.5.